The van der Waals surface area contributed by atoms with Crippen molar-refractivity contribution in [3.63, 3.8) is 0 Å². The highest BCUT2D eigenvalue weighted by Gasteiger charge is 2.12. The Labute approximate surface area is 96.9 Å². The molecule has 3 aromatic rings. The number of fused-ring (bicyclic) bond motifs is 1. The van der Waals surface area contributed by atoms with Crippen LogP contribution in [-0.2, 0) is 7.05 Å². The third-order valence-electron chi connectivity index (χ3n) is 2.89. The number of nitrogen functional groups attached to an aromatic ring is 1. The standard InChI is InChI=1S/C12H11FN4/c1-17-6-9(12-10(14)5-15-16-12)8-4-7(13)2-3-11(8)17/h2-6H,14H2,1H3,(H,15,16). The van der Waals surface area contributed by atoms with Crippen LogP contribution in [0.1, 0.15) is 0 Å². The summed E-state index contributed by atoms with van der Waals surface area (Å²) < 4.78 is 15.2. The number of aromatic nitrogens is 3. The zero-order valence-corrected chi connectivity index (χ0v) is 9.24. The number of H-pyrrole nitrogens is 1. The highest BCUT2D eigenvalue weighted by Crippen LogP contribution is 2.32. The summed E-state index contributed by atoms with van der Waals surface area (Å²) in [6, 6.07) is 4.70. The molecule has 17 heavy (non-hydrogen) atoms. The Balaban J connectivity index is 2.37. The lowest BCUT2D eigenvalue weighted by Gasteiger charge is -1.97. The molecule has 4 nitrogen and oxygen atoms in total. The lowest BCUT2D eigenvalue weighted by atomic mass is 10.1. The number of hydrogen-bond acceptors (Lipinski definition) is 2. The van der Waals surface area contributed by atoms with Gasteiger partial charge in [-0.2, -0.15) is 5.10 Å². The van der Waals surface area contributed by atoms with Crippen LogP contribution in [0.4, 0.5) is 10.1 Å². The molecule has 5 heteroatoms. The lowest BCUT2D eigenvalue weighted by molar-refractivity contribution is 0.629. The molecule has 0 aliphatic carbocycles. The van der Waals surface area contributed by atoms with Crippen molar-refractivity contribution in [2.24, 2.45) is 7.05 Å². The molecule has 0 spiro atoms. The van der Waals surface area contributed by atoms with E-state index >= 15 is 0 Å². The lowest BCUT2D eigenvalue weighted by Crippen LogP contribution is -1.85. The van der Waals surface area contributed by atoms with Crippen molar-refractivity contribution in [2.45, 2.75) is 0 Å². The van der Waals surface area contributed by atoms with Crippen LogP contribution in [0, 0.1) is 5.82 Å². The molecule has 2 heterocycles. The predicted octanol–water partition coefficient (Wildman–Crippen LogP) is 2.29. The van der Waals surface area contributed by atoms with Gasteiger partial charge >= 0.3 is 0 Å². The summed E-state index contributed by atoms with van der Waals surface area (Å²) >= 11 is 0. The van der Waals surface area contributed by atoms with E-state index in [0.29, 0.717) is 5.69 Å². The Hall–Kier alpha value is -2.30. The largest absolute Gasteiger partial charge is 0.396 e. The maximum Gasteiger partial charge on any atom is 0.123 e. The van der Waals surface area contributed by atoms with Gasteiger partial charge in [0, 0.05) is 29.7 Å². The number of nitrogens with zero attached hydrogens (tertiary/aromatic N) is 2. The molecule has 3 N–H and O–H groups in total. The fourth-order valence-corrected chi connectivity index (χ4v) is 2.07. The van der Waals surface area contributed by atoms with E-state index in [4.69, 9.17) is 5.73 Å². The predicted molar refractivity (Wildman–Crippen MR) is 64.9 cm³/mol. The van der Waals surface area contributed by atoms with Crippen molar-refractivity contribution in [3.8, 4) is 11.3 Å². The minimum absolute atomic E-state index is 0.261. The molecule has 1 aromatic carbocycles. The molecule has 0 aliphatic heterocycles. The maximum absolute atomic E-state index is 13.3. The Morgan fingerprint density at radius 2 is 2.24 bits per heavy atom. The molecular formula is C12H11FN4. The molecule has 0 bridgehead atoms. The zero-order chi connectivity index (χ0) is 12.0. The third-order valence-corrected chi connectivity index (χ3v) is 2.89. The highest BCUT2D eigenvalue weighted by molar-refractivity contribution is 5.97. The Morgan fingerprint density at radius 1 is 1.41 bits per heavy atom. The van der Waals surface area contributed by atoms with Gasteiger partial charge in [0.15, 0.2) is 0 Å². The first-order valence-electron chi connectivity index (χ1n) is 5.20. The highest BCUT2D eigenvalue weighted by atomic mass is 19.1. The number of rotatable bonds is 1. The van der Waals surface area contributed by atoms with Crippen LogP contribution < -0.4 is 5.73 Å². The maximum atomic E-state index is 13.3. The molecular weight excluding hydrogens is 219 g/mol. The number of anilines is 1. The number of benzene rings is 1. The monoisotopic (exact) mass is 230 g/mol. The number of halogens is 1. The van der Waals surface area contributed by atoms with Gasteiger partial charge in [-0.05, 0) is 18.2 Å². The second-order valence-electron chi connectivity index (χ2n) is 4.02. The number of aromatic amines is 1. The van der Waals surface area contributed by atoms with E-state index in [2.05, 4.69) is 10.2 Å². The smallest absolute Gasteiger partial charge is 0.123 e. The molecule has 0 saturated carbocycles. The van der Waals surface area contributed by atoms with E-state index in [1.54, 1.807) is 12.3 Å². The summed E-state index contributed by atoms with van der Waals surface area (Å²) in [5.41, 5.74) is 8.91. The number of aryl methyl sites for hydroxylation is 1. The van der Waals surface area contributed by atoms with Crippen molar-refractivity contribution in [3.05, 3.63) is 36.4 Å². The van der Waals surface area contributed by atoms with Crippen LogP contribution in [0.25, 0.3) is 22.2 Å². The van der Waals surface area contributed by atoms with E-state index in [1.165, 1.54) is 12.1 Å². The number of nitrogens with one attached hydrogen (secondary N) is 1. The summed E-state index contributed by atoms with van der Waals surface area (Å²) in [6.45, 7) is 0. The molecule has 0 saturated heterocycles. The van der Waals surface area contributed by atoms with Gasteiger partial charge < -0.3 is 10.3 Å². The second kappa shape index (κ2) is 3.35. The van der Waals surface area contributed by atoms with Crippen LogP contribution in [0.3, 0.4) is 0 Å². The molecule has 0 fully saturated rings. The Kier molecular flexibility index (Phi) is 1.95. The van der Waals surface area contributed by atoms with Crippen molar-refractivity contribution >= 4 is 16.6 Å². The van der Waals surface area contributed by atoms with E-state index in [0.717, 1.165) is 22.2 Å². The van der Waals surface area contributed by atoms with Gasteiger partial charge in [0.2, 0.25) is 0 Å². The van der Waals surface area contributed by atoms with Crippen molar-refractivity contribution in [1.29, 1.82) is 0 Å². The molecule has 86 valence electrons. The first-order chi connectivity index (χ1) is 8.16. The molecule has 2 aromatic heterocycles. The molecule has 0 amide bonds. The minimum Gasteiger partial charge on any atom is -0.396 e. The van der Waals surface area contributed by atoms with Gasteiger partial charge in [-0.3, -0.25) is 5.10 Å². The van der Waals surface area contributed by atoms with Crippen molar-refractivity contribution in [2.75, 3.05) is 5.73 Å². The number of hydrogen-bond donors (Lipinski definition) is 2. The topological polar surface area (TPSA) is 59.6 Å². The zero-order valence-electron chi connectivity index (χ0n) is 9.24. The molecule has 3 rings (SSSR count). The second-order valence-corrected chi connectivity index (χ2v) is 4.02. The summed E-state index contributed by atoms with van der Waals surface area (Å²) in [4.78, 5) is 0. The van der Waals surface area contributed by atoms with Gasteiger partial charge in [-0.25, -0.2) is 4.39 Å². The Bertz CT molecular complexity index is 696. The molecule has 0 aliphatic rings. The van der Waals surface area contributed by atoms with Gasteiger partial charge in [-0.15, -0.1) is 0 Å². The van der Waals surface area contributed by atoms with Crippen LogP contribution in [0.2, 0.25) is 0 Å². The van der Waals surface area contributed by atoms with Gasteiger partial charge in [0.05, 0.1) is 17.6 Å². The number of nitrogens with two attached hydrogens (primary N) is 1. The van der Waals surface area contributed by atoms with Crippen LogP contribution >= 0.6 is 0 Å². The first kappa shape index (κ1) is 9.89. The summed E-state index contributed by atoms with van der Waals surface area (Å²) in [5, 5.41) is 7.54. The molecule has 0 radical (unpaired) electrons. The Morgan fingerprint density at radius 3 is 2.94 bits per heavy atom. The normalized spacial score (nSPS) is 11.2. The molecule has 0 unspecified atom stereocenters. The van der Waals surface area contributed by atoms with Gasteiger partial charge in [0.1, 0.15) is 5.82 Å². The average Bonchev–Trinajstić information content (AvgIpc) is 2.83. The van der Waals surface area contributed by atoms with Crippen LogP contribution in [-0.4, -0.2) is 14.8 Å². The third kappa shape index (κ3) is 1.39. The van der Waals surface area contributed by atoms with E-state index in [9.17, 15) is 4.39 Å². The SMILES string of the molecule is Cn1cc(-c2[nH]ncc2N)c2cc(F)ccc21. The summed E-state index contributed by atoms with van der Waals surface area (Å²) in [6.07, 6.45) is 3.46. The average molecular weight is 230 g/mol. The van der Waals surface area contributed by atoms with Gasteiger partial charge in [-0.1, -0.05) is 0 Å². The van der Waals surface area contributed by atoms with Crippen LogP contribution in [0.15, 0.2) is 30.6 Å². The van der Waals surface area contributed by atoms with Gasteiger partial charge in [0.25, 0.3) is 0 Å². The fourth-order valence-electron chi connectivity index (χ4n) is 2.07. The first-order valence-corrected chi connectivity index (χ1v) is 5.20. The molecule has 0 atom stereocenters. The quantitative estimate of drug-likeness (QED) is 0.673. The van der Waals surface area contributed by atoms with Crippen molar-refractivity contribution in [1.82, 2.24) is 14.8 Å². The summed E-state index contributed by atoms with van der Waals surface area (Å²) in [5.74, 6) is -0.261. The van der Waals surface area contributed by atoms with Crippen LogP contribution in [0.5, 0.6) is 0 Å². The van der Waals surface area contributed by atoms with E-state index in [1.807, 2.05) is 17.8 Å². The van der Waals surface area contributed by atoms with E-state index < -0.39 is 0 Å². The van der Waals surface area contributed by atoms with E-state index in [-0.39, 0.29) is 5.82 Å². The summed E-state index contributed by atoms with van der Waals surface area (Å²) in [7, 11) is 1.91. The minimum atomic E-state index is -0.261. The fraction of sp³-hybridized carbons (Fsp3) is 0.0833. The van der Waals surface area contributed by atoms with Crippen molar-refractivity contribution < 1.29 is 4.39 Å².